The number of amides is 1. The summed E-state index contributed by atoms with van der Waals surface area (Å²) in [4.78, 5) is 48.1. The van der Waals surface area contributed by atoms with Crippen molar-refractivity contribution in [2.24, 2.45) is 0 Å². The van der Waals surface area contributed by atoms with Gasteiger partial charge >= 0.3 is 5.69 Å². The molecule has 4 aromatic rings. The molecule has 2 saturated heterocycles. The van der Waals surface area contributed by atoms with E-state index in [9.17, 15) is 22.8 Å². The zero-order chi connectivity index (χ0) is 34.9. The number of nitrogens with one attached hydrogen (secondary N) is 1. The van der Waals surface area contributed by atoms with E-state index in [-0.39, 0.29) is 36.1 Å². The van der Waals surface area contributed by atoms with Crippen LogP contribution in [-0.4, -0.2) is 58.6 Å². The van der Waals surface area contributed by atoms with Crippen molar-refractivity contribution in [2.75, 3.05) is 7.11 Å². The highest BCUT2D eigenvalue weighted by Crippen LogP contribution is 2.43. The summed E-state index contributed by atoms with van der Waals surface area (Å²) >= 11 is 1.18. The molecule has 49 heavy (non-hydrogen) atoms. The zero-order valence-corrected chi connectivity index (χ0v) is 29.7. The van der Waals surface area contributed by atoms with Crippen LogP contribution >= 0.6 is 11.3 Å². The lowest BCUT2D eigenvalue weighted by Gasteiger charge is -2.33. The Bertz CT molecular complexity index is 2130. The van der Waals surface area contributed by atoms with Crippen LogP contribution in [0.3, 0.4) is 0 Å². The molecule has 7 rings (SSSR count). The van der Waals surface area contributed by atoms with E-state index in [1.54, 1.807) is 21.0 Å². The van der Waals surface area contributed by atoms with Crippen LogP contribution in [0.25, 0.3) is 21.0 Å². The molecule has 15 heteroatoms. The van der Waals surface area contributed by atoms with Gasteiger partial charge in [0.25, 0.3) is 11.5 Å². The predicted octanol–water partition coefficient (Wildman–Crippen LogP) is 4.40. The minimum Gasteiger partial charge on any atom is -0.496 e. The van der Waals surface area contributed by atoms with Gasteiger partial charge in [0.1, 0.15) is 28.5 Å². The van der Waals surface area contributed by atoms with E-state index in [1.807, 2.05) is 24.3 Å². The molecule has 3 fully saturated rings. The first kappa shape index (κ1) is 33.7. The van der Waals surface area contributed by atoms with Crippen molar-refractivity contribution in [1.29, 1.82) is 0 Å². The summed E-state index contributed by atoms with van der Waals surface area (Å²) in [6.07, 6.45) is 6.45. The van der Waals surface area contributed by atoms with Crippen molar-refractivity contribution in [1.82, 2.24) is 18.8 Å². The Morgan fingerprint density at radius 2 is 1.88 bits per heavy atom. The molecule has 5 heterocycles. The lowest BCUT2D eigenvalue weighted by Crippen LogP contribution is -2.57. The molecule has 1 aromatic carbocycles. The average molecular weight is 713 g/mol. The molecular weight excluding hydrogens is 673 g/mol. The zero-order valence-electron chi connectivity index (χ0n) is 28.1. The van der Waals surface area contributed by atoms with Crippen molar-refractivity contribution in [2.45, 2.75) is 107 Å². The molecular formula is C34H40N4O9S2. The van der Waals surface area contributed by atoms with Crippen LogP contribution in [-0.2, 0) is 36.4 Å². The van der Waals surface area contributed by atoms with Gasteiger partial charge in [-0.2, -0.15) is 0 Å². The molecule has 1 amide bonds. The molecule has 13 nitrogen and oxygen atoms in total. The monoisotopic (exact) mass is 712 g/mol. The second-order valence-corrected chi connectivity index (χ2v) is 17.2. The fourth-order valence-corrected chi connectivity index (χ4v) is 9.54. The number of methoxy groups -OCH3 is 1. The number of ether oxygens (including phenoxy) is 3. The highest BCUT2D eigenvalue weighted by molar-refractivity contribution is 7.91. The van der Waals surface area contributed by atoms with E-state index in [0.29, 0.717) is 52.3 Å². The van der Waals surface area contributed by atoms with E-state index in [1.165, 1.54) is 42.2 Å². The summed E-state index contributed by atoms with van der Waals surface area (Å²) in [6.45, 7) is 5.99. The molecule has 1 saturated carbocycles. The Morgan fingerprint density at radius 1 is 1.18 bits per heavy atom. The fourth-order valence-electron chi connectivity index (χ4n) is 6.92. The van der Waals surface area contributed by atoms with E-state index in [2.05, 4.69) is 9.71 Å². The van der Waals surface area contributed by atoms with Gasteiger partial charge in [-0.1, -0.05) is 18.2 Å². The van der Waals surface area contributed by atoms with Crippen LogP contribution < -0.4 is 20.7 Å². The number of sulfonamides is 1. The minimum atomic E-state index is -4.06. The van der Waals surface area contributed by atoms with Crippen LogP contribution in [0, 0.1) is 6.92 Å². The van der Waals surface area contributed by atoms with E-state index in [0.717, 1.165) is 17.4 Å². The molecule has 0 spiro atoms. The summed E-state index contributed by atoms with van der Waals surface area (Å²) in [5.41, 5.74) is -2.19. The maximum atomic E-state index is 14.7. The number of rotatable bonds is 11. The molecule has 2 bridgehead atoms. The molecule has 2 aliphatic heterocycles. The Hall–Kier alpha value is -3.79. The number of hydrogen-bond acceptors (Lipinski definition) is 11. The Balaban J connectivity index is 1.39. The number of aromatic nitrogens is 3. The maximum Gasteiger partial charge on any atom is 0.333 e. The van der Waals surface area contributed by atoms with Gasteiger partial charge in [-0.25, -0.2) is 22.8 Å². The number of para-hydroxylation sites is 1. The first-order chi connectivity index (χ1) is 23.2. The van der Waals surface area contributed by atoms with E-state index in [4.69, 9.17) is 18.6 Å². The molecule has 1 aliphatic carbocycles. The molecule has 0 radical (unpaired) electrons. The molecule has 3 atom stereocenters. The summed E-state index contributed by atoms with van der Waals surface area (Å²) in [7, 11) is -2.49. The Morgan fingerprint density at radius 3 is 2.51 bits per heavy atom. The topological polar surface area (TPSA) is 161 Å². The number of carbonyl (C=O) groups excluding carboxylic acids is 1. The van der Waals surface area contributed by atoms with E-state index >= 15 is 0 Å². The van der Waals surface area contributed by atoms with Gasteiger partial charge in [-0.05, 0) is 77.8 Å². The lowest BCUT2D eigenvalue weighted by atomic mass is 10.0. The molecule has 262 valence electrons. The quantitative estimate of drug-likeness (QED) is 0.236. The second kappa shape index (κ2) is 12.2. The van der Waals surface area contributed by atoms with Crippen LogP contribution in [0.4, 0.5) is 0 Å². The van der Waals surface area contributed by atoms with Crippen molar-refractivity contribution < 1.29 is 31.8 Å². The number of nitrogens with zero attached hydrogens (tertiary/aromatic N) is 3. The number of hydrogen-bond donors (Lipinski definition) is 1. The number of benzene rings is 1. The average Bonchev–Trinajstić information content (AvgIpc) is 3.35. The summed E-state index contributed by atoms with van der Waals surface area (Å²) in [5.74, 6) is -0.136. The first-order valence-corrected chi connectivity index (χ1v) is 18.7. The van der Waals surface area contributed by atoms with Crippen LogP contribution in [0.1, 0.15) is 76.5 Å². The normalized spacial score (nSPS) is 22.3. The number of fused-ring (bicyclic) bond motifs is 3. The van der Waals surface area contributed by atoms with Crippen LogP contribution in [0.5, 0.6) is 5.75 Å². The third-order valence-electron chi connectivity index (χ3n) is 10.2. The standard InChI is InChI=1S/C34H40N4O9S2/c1-19-26-29(39)38(33(2,3)31(40)36-49(42,43)34(4)12-13-34)32(41)37(30(26)48-27(19)28-35-14-15-45-28)18-25(23-8-6-7-9-24(23)44-5)47-22-16-20-10-11-21(17-22)46-20/h6-9,14-15,20-22,25H,10-13,16-18H2,1-5H3,(H,36,40)/t20-,21-,25+/m1/s1. The van der Waals surface area contributed by atoms with Crippen LogP contribution in [0.15, 0.2) is 50.7 Å². The van der Waals surface area contributed by atoms with E-state index < -0.39 is 43.6 Å². The van der Waals surface area contributed by atoms with Crippen molar-refractivity contribution in [3.63, 3.8) is 0 Å². The first-order valence-electron chi connectivity index (χ1n) is 16.4. The lowest BCUT2D eigenvalue weighted by molar-refractivity contribution is -0.126. The highest BCUT2D eigenvalue weighted by atomic mass is 32.2. The number of aryl methyl sites for hydroxylation is 1. The molecule has 3 aliphatic rings. The van der Waals surface area contributed by atoms with Crippen molar-refractivity contribution in [3.05, 3.63) is 68.7 Å². The third kappa shape index (κ3) is 5.83. The fraction of sp³-hybridized carbons (Fsp3) is 0.529. The number of oxazole rings is 1. The summed E-state index contributed by atoms with van der Waals surface area (Å²) in [6, 6.07) is 7.42. The summed E-state index contributed by atoms with van der Waals surface area (Å²) in [5, 5.41) is 0.193. The number of thiophene rings is 1. The van der Waals surface area contributed by atoms with Gasteiger partial charge in [-0.15, -0.1) is 11.3 Å². The largest absolute Gasteiger partial charge is 0.496 e. The number of carbonyl (C=O) groups is 1. The van der Waals surface area contributed by atoms with Gasteiger partial charge < -0.3 is 18.6 Å². The van der Waals surface area contributed by atoms with Gasteiger partial charge in [0.2, 0.25) is 15.9 Å². The second-order valence-electron chi connectivity index (χ2n) is 14.0. The Kier molecular flexibility index (Phi) is 8.40. The van der Waals surface area contributed by atoms with Crippen molar-refractivity contribution in [3.8, 4) is 16.5 Å². The van der Waals surface area contributed by atoms with Gasteiger partial charge in [0.15, 0.2) is 0 Å². The summed E-state index contributed by atoms with van der Waals surface area (Å²) < 4.78 is 53.8. The SMILES string of the molecule is COc1ccccc1[C@H](Cn1c(=O)n(C(C)(C)C(=O)NS(=O)(=O)C2(C)CC2)c(=O)c2c(C)c(-c3ncco3)sc21)OC1C[C@H]2CC[C@H](C1)O2. The molecule has 0 unspecified atom stereocenters. The van der Waals surface area contributed by atoms with Crippen LogP contribution in [0.2, 0.25) is 0 Å². The smallest absolute Gasteiger partial charge is 0.333 e. The minimum absolute atomic E-state index is 0.0400. The van der Waals surface area contributed by atoms with Crippen molar-refractivity contribution >= 4 is 37.5 Å². The molecule has 1 N–H and O–H groups in total. The van der Waals surface area contributed by atoms with Gasteiger partial charge in [0.05, 0.1) is 53.2 Å². The highest BCUT2D eigenvalue weighted by Gasteiger charge is 2.52. The third-order valence-corrected chi connectivity index (χ3v) is 13.7. The maximum absolute atomic E-state index is 14.7. The van der Waals surface area contributed by atoms with Gasteiger partial charge in [0, 0.05) is 5.56 Å². The Labute approximate surface area is 287 Å². The molecule has 3 aromatic heterocycles. The van der Waals surface area contributed by atoms with Gasteiger partial charge in [-0.3, -0.25) is 18.9 Å². The predicted molar refractivity (Wildman–Crippen MR) is 182 cm³/mol.